The van der Waals surface area contributed by atoms with E-state index in [-0.39, 0.29) is 5.91 Å². The van der Waals surface area contributed by atoms with Gasteiger partial charge in [-0.2, -0.15) is 0 Å². The van der Waals surface area contributed by atoms with Crippen LogP contribution < -0.4 is 15.8 Å². The second kappa shape index (κ2) is 6.31. The Kier molecular flexibility index (Phi) is 4.48. The zero-order valence-corrected chi connectivity index (χ0v) is 12.6. The van der Waals surface area contributed by atoms with E-state index in [1.807, 2.05) is 32.0 Å². The highest BCUT2D eigenvalue weighted by molar-refractivity contribution is 5.95. The number of methoxy groups -OCH3 is 1. The summed E-state index contributed by atoms with van der Waals surface area (Å²) >= 11 is 0. The molecule has 0 saturated carbocycles. The van der Waals surface area contributed by atoms with E-state index in [1.54, 1.807) is 25.3 Å². The Bertz CT molecular complexity index is 666. The second-order valence-corrected chi connectivity index (χ2v) is 5.07. The molecule has 0 aliphatic heterocycles. The Morgan fingerprint density at radius 2 is 1.95 bits per heavy atom. The standard InChI is InChI=1S/C17H20N2O2/c1-11-4-6-15(12(2)8-11)17(20)19-10-13-9-14(18)5-7-16(13)21-3/h4-9H,10,18H2,1-3H3,(H,19,20). The molecule has 0 aromatic heterocycles. The summed E-state index contributed by atoms with van der Waals surface area (Å²) in [4.78, 5) is 12.3. The zero-order valence-electron chi connectivity index (χ0n) is 12.6. The Balaban J connectivity index is 2.12. The highest BCUT2D eigenvalue weighted by atomic mass is 16.5. The SMILES string of the molecule is COc1ccc(N)cc1CNC(=O)c1ccc(C)cc1C. The minimum Gasteiger partial charge on any atom is -0.496 e. The van der Waals surface area contributed by atoms with E-state index < -0.39 is 0 Å². The first-order chi connectivity index (χ1) is 10.0. The number of ether oxygens (including phenoxy) is 1. The number of benzene rings is 2. The monoisotopic (exact) mass is 284 g/mol. The summed E-state index contributed by atoms with van der Waals surface area (Å²) in [6.07, 6.45) is 0. The second-order valence-electron chi connectivity index (χ2n) is 5.07. The van der Waals surface area contributed by atoms with Crippen molar-refractivity contribution < 1.29 is 9.53 Å². The first-order valence-electron chi connectivity index (χ1n) is 6.79. The molecule has 0 unspecified atom stereocenters. The van der Waals surface area contributed by atoms with Crippen LogP contribution in [0.5, 0.6) is 5.75 Å². The van der Waals surface area contributed by atoms with E-state index in [4.69, 9.17) is 10.5 Å². The third kappa shape index (κ3) is 3.54. The number of rotatable bonds is 4. The first kappa shape index (κ1) is 14.9. The molecule has 2 aromatic rings. The fourth-order valence-corrected chi connectivity index (χ4v) is 2.28. The quantitative estimate of drug-likeness (QED) is 0.849. The molecular formula is C17H20N2O2. The van der Waals surface area contributed by atoms with Crippen molar-refractivity contribution in [1.82, 2.24) is 5.32 Å². The molecule has 4 heteroatoms. The Morgan fingerprint density at radius 1 is 1.19 bits per heavy atom. The summed E-state index contributed by atoms with van der Waals surface area (Å²) in [5.41, 5.74) is 10.1. The summed E-state index contributed by atoms with van der Waals surface area (Å²) in [6.45, 7) is 4.32. The van der Waals surface area contributed by atoms with Gasteiger partial charge in [0.25, 0.3) is 5.91 Å². The van der Waals surface area contributed by atoms with Gasteiger partial charge < -0.3 is 15.8 Å². The highest BCUT2D eigenvalue weighted by Gasteiger charge is 2.10. The average molecular weight is 284 g/mol. The lowest BCUT2D eigenvalue weighted by Gasteiger charge is -2.12. The normalized spacial score (nSPS) is 10.2. The van der Waals surface area contributed by atoms with Gasteiger partial charge in [-0.05, 0) is 43.7 Å². The average Bonchev–Trinajstić information content (AvgIpc) is 2.45. The molecule has 0 atom stereocenters. The molecule has 2 aromatic carbocycles. The van der Waals surface area contributed by atoms with Gasteiger partial charge >= 0.3 is 0 Å². The fraction of sp³-hybridized carbons (Fsp3) is 0.235. The first-order valence-corrected chi connectivity index (χ1v) is 6.79. The highest BCUT2D eigenvalue weighted by Crippen LogP contribution is 2.21. The number of aryl methyl sites for hydroxylation is 2. The van der Waals surface area contributed by atoms with Gasteiger partial charge in [-0.1, -0.05) is 17.7 Å². The smallest absolute Gasteiger partial charge is 0.251 e. The Morgan fingerprint density at radius 3 is 2.62 bits per heavy atom. The van der Waals surface area contributed by atoms with Crippen LogP contribution in [0.15, 0.2) is 36.4 Å². The summed E-state index contributed by atoms with van der Waals surface area (Å²) in [5.74, 6) is 0.613. The molecule has 0 aliphatic rings. The molecule has 3 N–H and O–H groups in total. The van der Waals surface area contributed by atoms with Crippen molar-refractivity contribution in [1.29, 1.82) is 0 Å². The van der Waals surface area contributed by atoms with Gasteiger partial charge in [-0.3, -0.25) is 4.79 Å². The zero-order chi connectivity index (χ0) is 15.4. The Hall–Kier alpha value is -2.49. The predicted molar refractivity (Wildman–Crippen MR) is 84.5 cm³/mol. The van der Waals surface area contributed by atoms with Crippen LogP contribution in [0.4, 0.5) is 5.69 Å². The summed E-state index contributed by atoms with van der Waals surface area (Å²) < 4.78 is 5.27. The minimum absolute atomic E-state index is 0.100. The van der Waals surface area contributed by atoms with Crippen molar-refractivity contribution in [3.63, 3.8) is 0 Å². The van der Waals surface area contributed by atoms with E-state index in [2.05, 4.69) is 5.32 Å². The maximum atomic E-state index is 12.3. The maximum Gasteiger partial charge on any atom is 0.251 e. The lowest BCUT2D eigenvalue weighted by Crippen LogP contribution is -2.24. The maximum absolute atomic E-state index is 12.3. The number of carbonyl (C=O) groups is 1. The van der Waals surface area contributed by atoms with Crippen LogP contribution in [0.1, 0.15) is 27.0 Å². The van der Waals surface area contributed by atoms with Crippen molar-refractivity contribution in [2.75, 3.05) is 12.8 Å². The molecule has 2 rings (SSSR count). The molecule has 0 fully saturated rings. The number of carbonyl (C=O) groups excluding carboxylic acids is 1. The molecular weight excluding hydrogens is 264 g/mol. The van der Waals surface area contributed by atoms with Crippen LogP contribution in [0, 0.1) is 13.8 Å². The summed E-state index contributed by atoms with van der Waals surface area (Å²) in [6, 6.07) is 11.2. The van der Waals surface area contributed by atoms with Crippen LogP contribution >= 0.6 is 0 Å². The van der Waals surface area contributed by atoms with E-state index in [9.17, 15) is 4.79 Å². The number of nitrogen functional groups attached to an aromatic ring is 1. The van der Waals surface area contributed by atoms with Gasteiger partial charge in [0.1, 0.15) is 5.75 Å². The van der Waals surface area contributed by atoms with Crippen molar-refractivity contribution in [2.24, 2.45) is 0 Å². The van der Waals surface area contributed by atoms with Crippen LogP contribution in [-0.2, 0) is 6.54 Å². The van der Waals surface area contributed by atoms with Crippen molar-refractivity contribution in [2.45, 2.75) is 20.4 Å². The van der Waals surface area contributed by atoms with E-state index >= 15 is 0 Å². The third-order valence-electron chi connectivity index (χ3n) is 3.37. The molecule has 0 bridgehead atoms. The third-order valence-corrected chi connectivity index (χ3v) is 3.37. The van der Waals surface area contributed by atoms with E-state index in [1.165, 1.54) is 0 Å². The van der Waals surface area contributed by atoms with Gasteiger partial charge in [0, 0.05) is 23.4 Å². The fourth-order valence-electron chi connectivity index (χ4n) is 2.28. The topological polar surface area (TPSA) is 64.3 Å². The van der Waals surface area contributed by atoms with Crippen molar-refractivity contribution >= 4 is 11.6 Å². The number of anilines is 1. The van der Waals surface area contributed by atoms with Crippen LogP contribution in [0.2, 0.25) is 0 Å². The predicted octanol–water partition coefficient (Wildman–Crippen LogP) is 2.82. The van der Waals surface area contributed by atoms with Gasteiger partial charge in [0.15, 0.2) is 0 Å². The van der Waals surface area contributed by atoms with Gasteiger partial charge in [0.05, 0.1) is 7.11 Å². The number of nitrogens with one attached hydrogen (secondary N) is 1. The van der Waals surface area contributed by atoms with Crippen molar-refractivity contribution in [3.05, 3.63) is 58.7 Å². The number of amides is 1. The molecule has 1 amide bonds. The lowest BCUT2D eigenvalue weighted by atomic mass is 10.1. The lowest BCUT2D eigenvalue weighted by molar-refractivity contribution is 0.0950. The number of hydrogen-bond donors (Lipinski definition) is 2. The minimum atomic E-state index is -0.100. The van der Waals surface area contributed by atoms with Gasteiger partial charge in [0.2, 0.25) is 0 Å². The van der Waals surface area contributed by atoms with Crippen LogP contribution in [0.25, 0.3) is 0 Å². The van der Waals surface area contributed by atoms with Gasteiger partial charge in [-0.15, -0.1) is 0 Å². The van der Waals surface area contributed by atoms with Crippen LogP contribution in [-0.4, -0.2) is 13.0 Å². The van der Waals surface area contributed by atoms with Crippen molar-refractivity contribution in [3.8, 4) is 5.75 Å². The Labute approximate surface area is 124 Å². The molecule has 0 saturated heterocycles. The molecule has 4 nitrogen and oxygen atoms in total. The molecule has 0 radical (unpaired) electrons. The van der Waals surface area contributed by atoms with Gasteiger partial charge in [-0.25, -0.2) is 0 Å². The molecule has 0 heterocycles. The molecule has 0 aliphatic carbocycles. The molecule has 0 spiro atoms. The molecule has 110 valence electrons. The number of nitrogens with two attached hydrogens (primary N) is 1. The van der Waals surface area contributed by atoms with E-state index in [0.717, 1.165) is 16.7 Å². The largest absolute Gasteiger partial charge is 0.496 e. The summed E-state index contributed by atoms with van der Waals surface area (Å²) in [7, 11) is 1.60. The molecule has 21 heavy (non-hydrogen) atoms. The summed E-state index contributed by atoms with van der Waals surface area (Å²) in [5, 5.41) is 2.90. The number of hydrogen-bond acceptors (Lipinski definition) is 3. The van der Waals surface area contributed by atoms with E-state index in [0.29, 0.717) is 23.5 Å². The van der Waals surface area contributed by atoms with Crippen LogP contribution in [0.3, 0.4) is 0 Å².